The molecular formula is C14H29NO2. The summed E-state index contributed by atoms with van der Waals surface area (Å²) in [5.74, 6) is 0.685. The third-order valence-electron chi connectivity index (χ3n) is 3.87. The average molecular weight is 243 g/mol. The fourth-order valence-electron chi connectivity index (χ4n) is 2.76. The van der Waals surface area contributed by atoms with E-state index < -0.39 is 0 Å². The van der Waals surface area contributed by atoms with Gasteiger partial charge in [0, 0.05) is 19.8 Å². The van der Waals surface area contributed by atoms with Gasteiger partial charge in [0.25, 0.3) is 0 Å². The van der Waals surface area contributed by atoms with Gasteiger partial charge in [-0.25, -0.2) is 0 Å². The van der Waals surface area contributed by atoms with E-state index in [1.165, 1.54) is 25.7 Å². The predicted molar refractivity (Wildman–Crippen MR) is 71.0 cm³/mol. The Morgan fingerprint density at radius 3 is 2.71 bits per heavy atom. The molecule has 1 saturated carbocycles. The number of nitrogens with two attached hydrogens (primary N) is 1. The Morgan fingerprint density at radius 2 is 2.00 bits per heavy atom. The van der Waals surface area contributed by atoms with Crippen LogP contribution in [0.4, 0.5) is 0 Å². The van der Waals surface area contributed by atoms with Gasteiger partial charge in [0.1, 0.15) is 0 Å². The monoisotopic (exact) mass is 243 g/mol. The second-order valence-electron chi connectivity index (χ2n) is 6.08. The lowest BCUT2D eigenvalue weighted by Gasteiger charge is -2.39. The van der Waals surface area contributed by atoms with Crippen LogP contribution in [0.2, 0.25) is 0 Å². The molecule has 0 aliphatic heterocycles. The van der Waals surface area contributed by atoms with Crippen LogP contribution in [-0.4, -0.2) is 33.0 Å². The molecule has 1 rings (SSSR count). The van der Waals surface area contributed by atoms with Gasteiger partial charge in [0.2, 0.25) is 0 Å². The molecule has 0 amide bonds. The van der Waals surface area contributed by atoms with E-state index in [9.17, 15) is 0 Å². The first-order valence-corrected chi connectivity index (χ1v) is 6.87. The van der Waals surface area contributed by atoms with Gasteiger partial charge in [-0.1, -0.05) is 13.8 Å². The third kappa shape index (κ3) is 5.84. The summed E-state index contributed by atoms with van der Waals surface area (Å²) in [6.45, 7) is 6.96. The molecule has 2 atom stereocenters. The first-order chi connectivity index (χ1) is 8.05. The van der Waals surface area contributed by atoms with Crippen LogP contribution >= 0.6 is 0 Å². The predicted octanol–water partition coefficient (Wildman–Crippen LogP) is 2.58. The maximum absolute atomic E-state index is 6.20. The van der Waals surface area contributed by atoms with Crippen LogP contribution in [-0.2, 0) is 9.47 Å². The average Bonchev–Trinajstić information content (AvgIpc) is 2.28. The van der Waals surface area contributed by atoms with E-state index in [4.69, 9.17) is 15.2 Å². The van der Waals surface area contributed by atoms with Crippen LogP contribution in [0.5, 0.6) is 0 Å². The van der Waals surface area contributed by atoms with E-state index in [1.54, 1.807) is 7.11 Å². The van der Waals surface area contributed by atoms with Crippen molar-refractivity contribution in [3.8, 4) is 0 Å². The van der Waals surface area contributed by atoms with Crippen LogP contribution in [0.25, 0.3) is 0 Å². The Hall–Kier alpha value is -0.120. The maximum atomic E-state index is 6.20. The van der Waals surface area contributed by atoms with Crippen molar-refractivity contribution in [2.24, 2.45) is 17.1 Å². The van der Waals surface area contributed by atoms with E-state index in [2.05, 4.69) is 13.8 Å². The van der Waals surface area contributed by atoms with Gasteiger partial charge in [-0.05, 0) is 43.4 Å². The van der Waals surface area contributed by atoms with Gasteiger partial charge in [0.15, 0.2) is 0 Å². The minimum absolute atomic E-state index is 0.405. The highest BCUT2D eigenvalue weighted by molar-refractivity contribution is 4.86. The second-order valence-corrected chi connectivity index (χ2v) is 6.08. The zero-order valence-corrected chi connectivity index (χ0v) is 11.7. The molecule has 0 aromatic heterocycles. The number of hydrogen-bond acceptors (Lipinski definition) is 3. The van der Waals surface area contributed by atoms with Crippen molar-refractivity contribution in [1.29, 1.82) is 0 Å². The molecule has 0 radical (unpaired) electrons. The summed E-state index contributed by atoms with van der Waals surface area (Å²) >= 11 is 0. The maximum Gasteiger partial charge on any atom is 0.0700 e. The summed E-state index contributed by atoms with van der Waals surface area (Å²) < 4.78 is 10.4. The molecule has 1 aliphatic rings. The summed E-state index contributed by atoms with van der Waals surface area (Å²) in [6.07, 6.45) is 6.05. The fourth-order valence-corrected chi connectivity index (χ4v) is 2.76. The van der Waals surface area contributed by atoms with Crippen molar-refractivity contribution < 1.29 is 9.47 Å². The SMILES string of the molecule is COCCOCCCC1CC(C)(C)CCC1N. The lowest BCUT2D eigenvalue weighted by atomic mass is 9.69. The van der Waals surface area contributed by atoms with E-state index in [0.717, 1.165) is 13.0 Å². The van der Waals surface area contributed by atoms with Crippen LogP contribution in [0.3, 0.4) is 0 Å². The van der Waals surface area contributed by atoms with Gasteiger partial charge in [-0.3, -0.25) is 0 Å². The standard InChI is InChI=1S/C14H29NO2/c1-14(2)7-6-13(15)12(11-14)5-4-8-17-10-9-16-3/h12-13H,4-11,15H2,1-3H3. The summed E-state index contributed by atoms with van der Waals surface area (Å²) in [4.78, 5) is 0. The zero-order chi connectivity index (χ0) is 12.7. The summed E-state index contributed by atoms with van der Waals surface area (Å²) in [5.41, 5.74) is 6.69. The number of hydrogen-bond donors (Lipinski definition) is 1. The molecular weight excluding hydrogens is 214 g/mol. The molecule has 0 spiro atoms. The highest BCUT2D eigenvalue weighted by Gasteiger charge is 2.32. The summed E-state index contributed by atoms with van der Waals surface area (Å²) in [6, 6.07) is 0.405. The second kappa shape index (κ2) is 7.34. The van der Waals surface area contributed by atoms with Gasteiger partial charge in [-0.15, -0.1) is 0 Å². The largest absolute Gasteiger partial charge is 0.382 e. The molecule has 102 valence electrons. The Kier molecular flexibility index (Phi) is 6.45. The molecule has 0 saturated heterocycles. The highest BCUT2D eigenvalue weighted by Crippen LogP contribution is 2.39. The summed E-state index contributed by atoms with van der Waals surface area (Å²) in [7, 11) is 1.70. The van der Waals surface area contributed by atoms with E-state index in [0.29, 0.717) is 30.6 Å². The van der Waals surface area contributed by atoms with Gasteiger partial charge < -0.3 is 15.2 Å². The van der Waals surface area contributed by atoms with Crippen LogP contribution in [0.15, 0.2) is 0 Å². The molecule has 0 bridgehead atoms. The van der Waals surface area contributed by atoms with Crippen LogP contribution < -0.4 is 5.73 Å². The Balaban J connectivity index is 2.12. The van der Waals surface area contributed by atoms with Gasteiger partial charge >= 0.3 is 0 Å². The molecule has 0 heterocycles. The van der Waals surface area contributed by atoms with Crippen molar-refractivity contribution >= 4 is 0 Å². The number of methoxy groups -OCH3 is 1. The number of ether oxygens (including phenoxy) is 2. The van der Waals surface area contributed by atoms with E-state index >= 15 is 0 Å². The minimum atomic E-state index is 0.405. The van der Waals surface area contributed by atoms with Crippen molar-refractivity contribution in [2.75, 3.05) is 26.9 Å². The molecule has 0 aromatic carbocycles. The zero-order valence-electron chi connectivity index (χ0n) is 11.7. The molecule has 1 fully saturated rings. The lowest BCUT2D eigenvalue weighted by molar-refractivity contribution is 0.0630. The molecule has 3 nitrogen and oxygen atoms in total. The van der Waals surface area contributed by atoms with E-state index in [-0.39, 0.29) is 0 Å². The third-order valence-corrected chi connectivity index (χ3v) is 3.87. The molecule has 3 heteroatoms. The van der Waals surface area contributed by atoms with Crippen molar-refractivity contribution in [1.82, 2.24) is 0 Å². The summed E-state index contributed by atoms with van der Waals surface area (Å²) in [5, 5.41) is 0. The molecule has 1 aliphatic carbocycles. The van der Waals surface area contributed by atoms with E-state index in [1.807, 2.05) is 0 Å². The fraction of sp³-hybridized carbons (Fsp3) is 1.00. The van der Waals surface area contributed by atoms with Gasteiger partial charge in [0.05, 0.1) is 13.2 Å². The van der Waals surface area contributed by atoms with Crippen molar-refractivity contribution in [3.63, 3.8) is 0 Å². The van der Waals surface area contributed by atoms with Crippen LogP contribution in [0.1, 0.15) is 46.0 Å². The topological polar surface area (TPSA) is 44.5 Å². The highest BCUT2D eigenvalue weighted by atomic mass is 16.5. The Labute approximate surface area is 106 Å². The number of rotatable bonds is 7. The van der Waals surface area contributed by atoms with Crippen molar-refractivity contribution in [2.45, 2.75) is 52.0 Å². The Morgan fingerprint density at radius 1 is 1.24 bits per heavy atom. The van der Waals surface area contributed by atoms with Crippen molar-refractivity contribution in [3.05, 3.63) is 0 Å². The van der Waals surface area contributed by atoms with Crippen LogP contribution in [0, 0.1) is 11.3 Å². The molecule has 2 unspecified atom stereocenters. The quantitative estimate of drug-likeness (QED) is 0.699. The lowest BCUT2D eigenvalue weighted by Crippen LogP contribution is -2.39. The molecule has 0 aromatic rings. The molecule has 17 heavy (non-hydrogen) atoms. The first-order valence-electron chi connectivity index (χ1n) is 6.87. The molecule has 2 N–H and O–H groups in total. The minimum Gasteiger partial charge on any atom is -0.382 e. The first kappa shape index (κ1) is 14.9. The normalized spacial score (nSPS) is 28.2. The van der Waals surface area contributed by atoms with Gasteiger partial charge in [-0.2, -0.15) is 0 Å². The Bertz CT molecular complexity index is 206. The smallest absolute Gasteiger partial charge is 0.0700 e.